The van der Waals surface area contributed by atoms with Crippen molar-refractivity contribution in [3.63, 3.8) is 0 Å². The Morgan fingerprint density at radius 3 is 2.74 bits per heavy atom. The van der Waals surface area contributed by atoms with Crippen molar-refractivity contribution in [1.29, 1.82) is 0 Å². The molecule has 4 atom stereocenters. The summed E-state index contributed by atoms with van der Waals surface area (Å²) in [5, 5.41) is 3.05. The molecule has 34 heavy (non-hydrogen) atoms. The van der Waals surface area contributed by atoms with E-state index in [-0.39, 0.29) is 34.3 Å². The van der Waals surface area contributed by atoms with Gasteiger partial charge in [0, 0.05) is 33.0 Å². The first-order valence-corrected chi connectivity index (χ1v) is 12.9. The maximum atomic E-state index is 14.2. The van der Waals surface area contributed by atoms with Crippen molar-refractivity contribution in [3.05, 3.63) is 74.1 Å². The Labute approximate surface area is 218 Å². The molecular weight excluding hydrogens is 568 g/mol. The number of rotatable bonds is 4. The van der Waals surface area contributed by atoms with Crippen molar-refractivity contribution in [2.24, 2.45) is 11.8 Å². The topological polar surface area (TPSA) is 55.4 Å². The van der Waals surface area contributed by atoms with Crippen molar-refractivity contribution in [3.8, 4) is 0 Å². The van der Waals surface area contributed by atoms with Gasteiger partial charge in [-0.05, 0) is 84.5 Å². The molecular formula is C27H28ClFINO3. The van der Waals surface area contributed by atoms with Crippen molar-refractivity contribution in [2.75, 3.05) is 11.9 Å². The minimum absolute atomic E-state index is 0.0773. The van der Waals surface area contributed by atoms with Crippen LogP contribution in [0.25, 0.3) is 0 Å². The quantitative estimate of drug-likeness (QED) is 0.308. The number of anilines is 1. The van der Waals surface area contributed by atoms with E-state index in [1.54, 1.807) is 6.07 Å². The molecule has 1 saturated carbocycles. The molecule has 2 aliphatic rings. The minimum atomic E-state index is -0.675. The molecule has 0 aromatic heterocycles. The summed E-state index contributed by atoms with van der Waals surface area (Å²) in [4.78, 5) is 26.1. The summed E-state index contributed by atoms with van der Waals surface area (Å²) in [6.45, 7) is 9.17. The van der Waals surface area contributed by atoms with Crippen LogP contribution in [0.4, 0.5) is 10.1 Å². The van der Waals surface area contributed by atoms with Crippen molar-refractivity contribution in [2.45, 2.75) is 51.0 Å². The summed E-state index contributed by atoms with van der Waals surface area (Å²) >= 11 is 8.00. The summed E-state index contributed by atoms with van der Waals surface area (Å²) in [6, 6.07) is 9.61. The Kier molecular flexibility index (Phi) is 7.50. The van der Waals surface area contributed by atoms with Gasteiger partial charge >= 0.3 is 0 Å². The molecule has 2 aromatic carbocycles. The SMILES string of the molecule is C=C1CC(C)(c2cccc(NC(=O)c3ccc(Cl)cc3F)c2I)CC(=O)C1C1CCOC(C)C1. The van der Waals surface area contributed by atoms with Crippen LogP contribution in [0.3, 0.4) is 0 Å². The number of hydrogen-bond acceptors (Lipinski definition) is 3. The van der Waals surface area contributed by atoms with Crippen molar-refractivity contribution < 1.29 is 18.7 Å². The number of nitrogens with one attached hydrogen (secondary N) is 1. The Hall–Kier alpha value is -1.77. The number of Topliss-reactive ketones (excluding diaryl/α,β-unsaturated/α-hetero) is 1. The van der Waals surface area contributed by atoms with Crippen LogP contribution in [0.5, 0.6) is 0 Å². The largest absolute Gasteiger partial charge is 0.378 e. The van der Waals surface area contributed by atoms with Crippen LogP contribution < -0.4 is 5.32 Å². The maximum Gasteiger partial charge on any atom is 0.258 e. The predicted octanol–water partition coefficient (Wildman–Crippen LogP) is 6.94. The zero-order chi connectivity index (χ0) is 24.6. The molecule has 1 N–H and O–H groups in total. The van der Waals surface area contributed by atoms with Gasteiger partial charge < -0.3 is 10.1 Å². The molecule has 0 radical (unpaired) electrons. The van der Waals surface area contributed by atoms with E-state index in [1.807, 2.05) is 12.1 Å². The van der Waals surface area contributed by atoms with Gasteiger partial charge in [-0.1, -0.05) is 42.8 Å². The molecule has 7 heteroatoms. The van der Waals surface area contributed by atoms with Crippen LogP contribution in [0.15, 0.2) is 48.6 Å². The Balaban J connectivity index is 1.56. The van der Waals surface area contributed by atoms with Gasteiger partial charge in [0.05, 0.1) is 17.4 Å². The molecule has 2 fully saturated rings. The van der Waals surface area contributed by atoms with Crippen LogP contribution in [0.2, 0.25) is 5.02 Å². The summed E-state index contributed by atoms with van der Waals surface area (Å²) in [6.07, 6.45) is 3.05. The smallest absolute Gasteiger partial charge is 0.258 e. The number of carbonyl (C=O) groups is 2. The number of halogens is 3. The average molecular weight is 596 g/mol. The third-order valence-electron chi connectivity index (χ3n) is 7.04. The van der Waals surface area contributed by atoms with Gasteiger partial charge in [0.2, 0.25) is 0 Å². The lowest BCUT2D eigenvalue weighted by Crippen LogP contribution is -2.42. The molecule has 2 aromatic rings. The third-order valence-corrected chi connectivity index (χ3v) is 8.44. The standard InChI is InChI=1S/C27H28ClFINO3/c1-15-13-27(3,14-23(32)24(15)17-9-10-34-16(2)11-17)20-5-4-6-22(25(20)30)31-26(33)19-8-7-18(28)12-21(19)29/h4-8,12,16-17,24H,1,9-11,13-14H2,2-3H3,(H,31,33). The zero-order valence-electron chi connectivity index (χ0n) is 19.3. The van der Waals surface area contributed by atoms with Gasteiger partial charge in [0.15, 0.2) is 0 Å². The molecule has 4 unspecified atom stereocenters. The van der Waals surface area contributed by atoms with E-state index in [4.69, 9.17) is 16.3 Å². The second-order valence-corrected chi connectivity index (χ2v) is 11.2. The molecule has 1 aliphatic heterocycles. The summed E-state index contributed by atoms with van der Waals surface area (Å²) < 4.78 is 20.7. The number of ether oxygens (including phenoxy) is 1. The van der Waals surface area contributed by atoms with E-state index in [1.165, 1.54) is 12.1 Å². The number of benzene rings is 2. The first-order chi connectivity index (χ1) is 16.1. The molecule has 1 heterocycles. The van der Waals surface area contributed by atoms with Crippen molar-refractivity contribution in [1.82, 2.24) is 0 Å². The first kappa shape index (κ1) is 25.3. The van der Waals surface area contributed by atoms with Gasteiger partial charge in [-0.15, -0.1) is 0 Å². The Morgan fingerprint density at radius 1 is 1.29 bits per heavy atom. The van der Waals surface area contributed by atoms with Crippen LogP contribution in [0, 0.1) is 21.2 Å². The van der Waals surface area contributed by atoms with E-state index in [2.05, 4.69) is 48.3 Å². The summed E-state index contributed by atoms with van der Waals surface area (Å²) in [5.74, 6) is -0.829. The van der Waals surface area contributed by atoms with E-state index >= 15 is 0 Å². The Morgan fingerprint density at radius 2 is 2.06 bits per heavy atom. The molecule has 1 saturated heterocycles. The number of hydrogen-bond donors (Lipinski definition) is 1. The average Bonchev–Trinajstić information content (AvgIpc) is 2.74. The molecule has 1 aliphatic carbocycles. The van der Waals surface area contributed by atoms with Crippen molar-refractivity contribution >= 4 is 51.6 Å². The molecule has 180 valence electrons. The van der Waals surface area contributed by atoms with Gasteiger partial charge in [-0.3, -0.25) is 9.59 Å². The molecule has 0 spiro atoms. The molecule has 4 nitrogen and oxygen atoms in total. The molecule has 0 bridgehead atoms. The first-order valence-electron chi connectivity index (χ1n) is 11.5. The van der Waals surface area contributed by atoms with E-state index in [0.29, 0.717) is 25.1 Å². The minimum Gasteiger partial charge on any atom is -0.378 e. The normalized spacial score (nSPS) is 27.5. The van der Waals surface area contributed by atoms with Gasteiger partial charge in [-0.2, -0.15) is 0 Å². The lowest BCUT2D eigenvalue weighted by molar-refractivity contribution is -0.127. The highest BCUT2D eigenvalue weighted by molar-refractivity contribution is 14.1. The fourth-order valence-corrected chi connectivity index (χ4v) is 6.78. The van der Waals surface area contributed by atoms with E-state index in [9.17, 15) is 14.0 Å². The number of carbonyl (C=O) groups excluding carboxylic acids is 2. The van der Waals surface area contributed by atoms with Gasteiger partial charge in [0.1, 0.15) is 11.6 Å². The second kappa shape index (κ2) is 10.1. The maximum absolute atomic E-state index is 14.2. The highest BCUT2D eigenvalue weighted by Crippen LogP contribution is 2.48. The summed E-state index contributed by atoms with van der Waals surface area (Å²) in [7, 11) is 0. The predicted molar refractivity (Wildman–Crippen MR) is 141 cm³/mol. The molecule has 1 amide bonds. The van der Waals surface area contributed by atoms with E-state index in [0.717, 1.165) is 33.6 Å². The van der Waals surface area contributed by atoms with Gasteiger partial charge in [-0.25, -0.2) is 4.39 Å². The second-order valence-electron chi connectivity index (χ2n) is 9.73. The zero-order valence-corrected chi connectivity index (χ0v) is 22.2. The van der Waals surface area contributed by atoms with Crippen LogP contribution >= 0.6 is 34.2 Å². The number of ketones is 1. The van der Waals surface area contributed by atoms with Gasteiger partial charge in [0.25, 0.3) is 5.91 Å². The van der Waals surface area contributed by atoms with Crippen LogP contribution in [0.1, 0.15) is 55.5 Å². The fraction of sp³-hybridized carbons (Fsp3) is 0.407. The lowest BCUT2D eigenvalue weighted by Gasteiger charge is -2.43. The number of allylic oxidation sites excluding steroid dienone is 1. The van der Waals surface area contributed by atoms with Crippen LogP contribution in [-0.2, 0) is 14.9 Å². The molecule has 4 rings (SSSR count). The highest BCUT2D eigenvalue weighted by atomic mass is 127. The van der Waals surface area contributed by atoms with E-state index < -0.39 is 17.1 Å². The Bertz CT molecular complexity index is 1130. The van der Waals surface area contributed by atoms with Crippen LogP contribution in [-0.4, -0.2) is 24.4 Å². The lowest BCUT2D eigenvalue weighted by atomic mass is 9.62. The highest BCUT2D eigenvalue weighted by Gasteiger charge is 2.44. The summed E-state index contributed by atoms with van der Waals surface area (Å²) in [5.41, 5.74) is 2.04. The number of amides is 1. The third kappa shape index (κ3) is 5.09. The fourth-order valence-electron chi connectivity index (χ4n) is 5.48. The monoisotopic (exact) mass is 595 g/mol.